The zero-order valence-electron chi connectivity index (χ0n) is 7.68. The maximum absolute atomic E-state index is 13.2. The van der Waals surface area contributed by atoms with Crippen molar-refractivity contribution in [3.8, 4) is 5.75 Å². The van der Waals surface area contributed by atoms with Crippen LogP contribution >= 0.6 is 0 Å². The molecule has 1 N–H and O–H groups in total. The van der Waals surface area contributed by atoms with E-state index in [-0.39, 0.29) is 0 Å². The number of aromatic nitrogens is 1. The Morgan fingerprint density at radius 2 is 2.00 bits per heavy atom. The van der Waals surface area contributed by atoms with E-state index in [1.54, 1.807) is 0 Å². The number of hydrogen-bond donors (Lipinski definition) is 1. The highest BCUT2D eigenvalue weighted by Crippen LogP contribution is 2.29. The quantitative estimate of drug-likeness (QED) is 0.826. The van der Waals surface area contributed by atoms with Crippen molar-refractivity contribution in [2.75, 3.05) is 0 Å². The van der Waals surface area contributed by atoms with Crippen LogP contribution in [0.15, 0.2) is 6.20 Å². The molecule has 1 rings (SSSR count). The van der Waals surface area contributed by atoms with Gasteiger partial charge in [0.1, 0.15) is 12.4 Å². The van der Waals surface area contributed by atoms with Crippen LogP contribution in [0.25, 0.3) is 0 Å². The third-order valence-corrected chi connectivity index (χ3v) is 1.66. The molecule has 0 bridgehead atoms. The second kappa shape index (κ2) is 4.60. The standard InChI is InChI=1S/C8H6F5NO2/c9-1-4-6(16-8(11,12)13)2-14-5(3-15)7(4)10/h2,15H,1,3H2. The molecule has 0 saturated carbocycles. The minimum Gasteiger partial charge on any atom is -0.404 e. The van der Waals surface area contributed by atoms with Gasteiger partial charge in [-0.1, -0.05) is 0 Å². The molecule has 0 amide bonds. The molecule has 0 aliphatic rings. The number of halogens is 5. The molecule has 0 aliphatic heterocycles. The fraction of sp³-hybridized carbons (Fsp3) is 0.375. The molecule has 3 nitrogen and oxygen atoms in total. The van der Waals surface area contributed by atoms with Crippen LogP contribution in [0.2, 0.25) is 0 Å². The Bertz CT molecular complexity index is 379. The van der Waals surface area contributed by atoms with Gasteiger partial charge in [-0.2, -0.15) is 0 Å². The minimum absolute atomic E-state index is 0.511. The maximum atomic E-state index is 13.2. The molecule has 0 fully saturated rings. The van der Waals surface area contributed by atoms with Gasteiger partial charge in [-0.05, 0) is 0 Å². The van der Waals surface area contributed by atoms with Gasteiger partial charge in [0.05, 0.1) is 18.4 Å². The molecule has 0 spiro atoms. The van der Waals surface area contributed by atoms with Crippen LogP contribution in [0, 0.1) is 5.82 Å². The van der Waals surface area contributed by atoms with Gasteiger partial charge in [0.15, 0.2) is 11.6 Å². The molecule has 0 saturated heterocycles. The summed E-state index contributed by atoms with van der Waals surface area (Å²) >= 11 is 0. The molecule has 0 aliphatic carbocycles. The Morgan fingerprint density at radius 3 is 2.44 bits per heavy atom. The summed E-state index contributed by atoms with van der Waals surface area (Å²) < 4.78 is 64.4. The van der Waals surface area contributed by atoms with E-state index in [1.807, 2.05) is 0 Å². The molecular formula is C8H6F5NO2. The number of nitrogens with zero attached hydrogens (tertiary/aromatic N) is 1. The number of alkyl halides is 4. The van der Waals surface area contributed by atoms with Crippen LogP contribution in [0.5, 0.6) is 5.75 Å². The van der Waals surface area contributed by atoms with E-state index >= 15 is 0 Å². The summed E-state index contributed by atoms with van der Waals surface area (Å²) in [4.78, 5) is 3.17. The number of pyridine rings is 1. The lowest BCUT2D eigenvalue weighted by atomic mass is 10.2. The summed E-state index contributed by atoms with van der Waals surface area (Å²) in [5, 5.41) is 8.57. The first-order valence-corrected chi connectivity index (χ1v) is 3.98. The van der Waals surface area contributed by atoms with E-state index in [0.717, 1.165) is 0 Å². The Hall–Kier alpha value is -1.44. The van der Waals surface area contributed by atoms with Crippen LogP contribution < -0.4 is 4.74 Å². The smallest absolute Gasteiger partial charge is 0.404 e. The van der Waals surface area contributed by atoms with Crippen LogP contribution in [0.1, 0.15) is 11.3 Å². The van der Waals surface area contributed by atoms with Gasteiger partial charge >= 0.3 is 6.36 Å². The van der Waals surface area contributed by atoms with Gasteiger partial charge in [0, 0.05) is 0 Å². The fourth-order valence-corrected chi connectivity index (χ4v) is 1.00. The Kier molecular flexibility index (Phi) is 3.63. The molecular weight excluding hydrogens is 237 g/mol. The third-order valence-electron chi connectivity index (χ3n) is 1.66. The summed E-state index contributed by atoms with van der Waals surface area (Å²) in [6.07, 6.45) is -4.55. The normalized spacial score (nSPS) is 11.6. The van der Waals surface area contributed by atoms with E-state index in [4.69, 9.17) is 5.11 Å². The van der Waals surface area contributed by atoms with Crippen molar-refractivity contribution in [3.05, 3.63) is 23.3 Å². The zero-order valence-corrected chi connectivity index (χ0v) is 7.68. The number of ether oxygens (including phenoxy) is 1. The molecule has 0 radical (unpaired) electrons. The predicted molar refractivity (Wildman–Crippen MR) is 41.6 cm³/mol. The minimum atomic E-state index is -5.06. The second-order valence-electron chi connectivity index (χ2n) is 2.70. The molecule has 8 heteroatoms. The average molecular weight is 243 g/mol. The molecule has 16 heavy (non-hydrogen) atoms. The molecule has 1 heterocycles. The lowest BCUT2D eigenvalue weighted by molar-refractivity contribution is -0.275. The van der Waals surface area contributed by atoms with Crippen LogP contribution in [0.3, 0.4) is 0 Å². The molecule has 0 aromatic carbocycles. The third kappa shape index (κ3) is 2.78. The molecule has 1 aromatic rings. The zero-order chi connectivity index (χ0) is 12.3. The van der Waals surface area contributed by atoms with Crippen molar-refractivity contribution >= 4 is 0 Å². The van der Waals surface area contributed by atoms with Gasteiger partial charge in [-0.25, -0.2) is 8.78 Å². The van der Waals surface area contributed by atoms with E-state index in [2.05, 4.69) is 9.72 Å². The monoisotopic (exact) mass is 243 g/mol. The van der Waals surface area contributed by atoms with Gasteiger partial charge in [-0.3, -0.25) is 4.98 Å². The van der Waals surface area contributed by atoms with E-state index < -0.39 is 42.5 Å². The van der Waals surface area contributed by atoms with Crippen LogP contribution in [-0.2, 0) is 13.3 Å². The Morgan fingerprint density at radius 1 is 1.38 bits per heavy atom. The summed E-state index contributed by atoms with van der Waals surface area (Å²) in [6, 6.07) is 0. The predicted octanol–water partition coefficient (Wildman–Crippen LogP) is 2.08. The second-order valence-corrected chi connectivity index (χ2v) is 2.70. The SMILES string of the molecule is OCc1ncc(OC(F)(F)F)c(CF)c1F. The first-order chi connectivity index (χ1) is 7.39. The maximum Gasteiger partial charge on any atom is 0.573 e. The number of aliphatic hydroxyl groups is 1. The number of hydrogen-bond acceptors (Lipinski definition) is 3. The highest BCUT2D eigenvalue weighted by molar-refractivity contribution is 5.33. The van der Waals surface area contributed by atoms with Crippen molar-refractivity contribution in [1.82, 2.24) is 4.98 Å². The summed E-state index contributed by atoms with van der Waals surface area (Å²) in [6.45, 7) is -2.34. The largest absolute Gasteiger partial charge is 0.573 e. The van der Waals surface area contributed by atoms with Crippen molar-refractivity contribution in [2.24, 2.45) is 0 Å². The van der Waals surface area contributed by atoms with E-state index in [1.165, 1.54) is 0 Å². The highest BCUT2D eigenvalue weighted by atomic mass is 19.4. The van der Waals surface area contributed by atoms with E-state index in [0.29, 0.717) is 6.20 Å². The number of aliphatic hydroxyl groups excluding tert-OH is 1. The highest BCUT2D eigenvalue weighted by Gasteiger charge is 2.33. The first kappa shape index (κ1) is 12.6. The summed E-state index contributed by atoms with van der Waals surface area (Å²) in [5.74, 6) is -2.39. The Balaban J connectivity index is 3.16. The van der Waals surface area contributed by atoms with E-state index in [9.17, 15) is 22.0 Å². The summed E-state index contributed by atoms with van der Waals surface area (Å²) in [7, 11) is 0. The van der Waals surface area contributed by atoms with Gasteiger partial charge in [0.25, 0.3) is 0 Å². The molecule has 0 atom stereocenters. The Labute approximate surface area is 86.5 Å². The van der Waals surface area contributed by atoms with Crippen molar-refractivity contribution < 1.29 is 31.8 Å². The van der Waals surface area contributed by atoms with Crippen molar-refractivity contribution in [3.63, 3.8) is 0 Å². The fourth-order valence-electron chi connectivity index (χ4n) is 1.00. The summed E-state index contributed by atoms with van der Waals surface area (Å²) in [5.41, 5.74) is -1.46. The molecule has 1 aromatic heterocycles. The van der Waals surface area contributed by atoms with Gasteiger partial charge in [-0.15, -0.1) is 13.2 Å². The molecule has 90 valence electrons. The van der Waals surface area contributed by atoms with Gasteiger partial charge < -0.3 is 9.84 Å². The van der Waals surface area contributed by atoms with Gasteiger partial charge in [0.2, 0.25) is 0 Å². The van der Waals surface area contributed by atoms with Crippen LogP contribution in [-0.4, -0.2) is 16.5 Å². The van der Waals surface area contributed by atoms with Crippen LogP contribution in [0.4, 0.5) is 22.0 Å². The average Bonchev–Trinajstić information content (AvgIpc) is 2.16. The topological polar surface area (TPSA) is 42.4 Å². The lowest BCUT2D eigenvalue weighted by Crippen LogP contribution is -2.19. The van der Waals surface area contributed by atoms with Crippen molar-refractivity contribution in [2.45, 2.75) is 19.6 Å². The van der Waals surface area contributed by atoms with Crippen molar-refractivity contribution in [1.29, 1.82) is 0 Å². The lowest BCUT2D eigenvalue weighted by Gasteiger charge is -2.12. The molecule has 0 unspecified atom stereocenters. The first-order valence-electron chi connectivity index (χ1n) is 3.98. The number of rotatable bonds is 3.